The van der Waals surface area contributed by atoms with Crippen molar-refractivity contribution < 1.29 is 13.6 Å². The van der Waals surface area contributed by atoms with Crippen molar-refractivity contribution in [2.45, 2.75) is 51.7 Å². The third-order valence-corrected chi connectivity index (χ3v) is 2.65. The molecule has 1 aliphatic rings. The number of carbonyl (C=O) groups is 1. The summed E-state index contributed by atoms with van der Waals surface area (Å²) in [6.07, 6.45) is -0.413. The van der Waals surface area contributed by atoms with Crippen molar-refractivity contribution in [3.63, 3.8) is 0 Å². The van der Waals surface area contributed by atoms with E-state index in [1.807, 2.05) is 13.8 Å². The van der Waals surface area contributed by atoms with E-state index in [0.29, 0.717) is 6.42 Å². The third-order valence-electron chi connectivity index (χ3n) is 2.65. The maximum Gasteiger partial charge on any atom is 0.255 e. The molecule has 0 radical (unpaired) electrons. The lowest BCUT2D eigenvalue weighted by Crippen LogP contribution is -2.39. The zero-order valence-corrected chi connectivity index (χ0v) is 9.17. The normalized spacial score (nSPS) is 26.7. The van der Waals surface area contributed by atoms with Crippen LogP contribution in [0.25, 0.3) is 0 Å². The Morgan fingerprint density at radius 2 is 2.13 bits per heavy atom. The van der Waals surface area contributed by atoms with Gasteiger partial charge < -0.3 is 4.90 Å². The molecule has 1 rings (SSSR count). The molecular formula is C10H18F2N2O. The van der Waals surface area contributed by atoms with E-state index in [4.69, 9.17) is 0 Å². The quantitative estimate of drug-likeness (QED) is 0.763. The minimum Gasteiger partial charge on any atom is -0.320 e. The van der Waals surface area contributed by atoms with Crippen LogP contribution >= 0.6 is 0 Å². The van der Waals surface area contributed by atoms with Crippen molar-refractivity contribution in [1.29, 1.82) is 0 Å². The Kier molecular flexibility index (Phi) is 4.45. The highest BCUT2D eigenvalue weighted by molar-refractivity contribution is 5.84. The first-order valence-corrected chi connectivity index (χ1v) is 5.44. The zero-order chi connectivity index (χ0) is 11.4. The van der Waals surface area contributed by atoms with Gasteiger partial charge in [0.15, 0.2) is 0 Å². The summed E-state index contributed by atoms with van der Waals surface area (Å²) in [6.45, 7) is 3.41. The SMILES string of the molecule is CCCC1NC(CC)N(CC(F)F)C1=O. The molecule has 1 aliphatic heterocycles. The summed E-state index contributed by atoms with van der Waals surface area (Å²) < 4.78 is 24.5. The second-order valence-corrected chi connectivity index (χ2v) is 3.81. The Morgan fingerprint density at radius 1 is 1.47 bits per heavy atom. The number of amides is 1. The Balaban J connectivity index is 2.63. The van der Waals surface area contributed by atoms with E-state index in [1.54, 1.807) is 0 Å². The molecule has 0 aromatic carbocycles. The van der Waals surface area contributed by atoms with Gasteiger partial charge in [-0.15, -0.1) is 0 Å². The highest BCUT2D eigenvalue weighted by Crippen LogP contribution is 2.17. The molecule has 0 saturated carbocycles. The van der Waals surface area contributed by atoms with E-state index in [0.717, 1.165) is 12.8 Å². The Labute approximate surface area is 88.8 Å². The van der Waals surface area contributed by atoms with E-state index in [9.17, 15) is 13.6 Å². The fourth-order valence-electron chi connectivity index (χ4n) is 1.95. The molecule has 1 N–H and O–H groups in total. The van der Waals surface area contributed by atoms with Crippen LogP contribution in [0.4, 0.5) is 8.78 Å². The Bertz CT molecular complexity index is 223. The van der Waals surface area contributed by atoms with Crippen LogP contribution in [-0.4, -0.2) is 36.0 Å². The summed E-state index contributed by atoms with van der Waals surface area (Å²) in [5, 5.41) is 3.09. The van der Waals surface area contributed by atoms with Gasteiger partial charge in [-0.3, -0.25) is 10.1 Å². The van der Waals surface area contributed by atoms with Gasteiger partial charge in [0.2, 0.25) is 5.91 Å². The largest absolute Gasteiger partial charge is 0.320 e. The Hall–Kier alpha value is -0.710. The van der Waals surface area contributed by atoms with Gasteiger partial charge in [-0.05, 0) is 12.8 Å². The summed E-state index contributed by atoms with van der Waals surface area (Å²) >= 11 is 0. The predicted octanol–water partition coefficient (Wildman–Crippen LogP) is 1.59. The first-order chi connectivity index (χ1) is 7.10. The summed E-state index contributed by atoms with van der Waals surface area (Å²) in [6, 6.07) is -0.265. The summed E-state index contributed by atoms with van der Waals surface area (Å²) in [7, 11) is 0. The van der Waals surface area contributed by atoms with Gasteiger partial charge >= 0.3 is 0 Å². The first-order valence-electron chi connectivity index (χ1n) is 5.44. The van der Waals surface area contributed by atoms with Crippen LogP contribution in [0.2, 0.25) is 0 Å². The standard InChI is InChI=1S/C10H18F2N2O/c1-3-5-7-10(15)14(6-8(11)12)9(4-2)13-7/h7-9,13H,3-6H2,1-2H3. The molecule has 15 heavy (non-hydrogen) atoms. The molecule has 5 heteroatoms. The number of nitrogens with zero attached hydrogens (tertiary/aromatic N) is 1. The van der Waals surface area contributed by atoms with E-state index >= 15 is 0 Å². The Morgan fingerprint density at radius 3 is 2.60 bits per heavy atom. The topological polar surface area (TPSA) is 32.3 Å². The van der Waals surface area contributed by atoms with Gasteiger partial charge in [-0.25, -0.2) is 8.78 Å². The summed E-state index contributed by atoms with van der Waals surface area (Å²) in [4.78, 5) is 13.0. The molecule has 3 nitrogen and oxygen atoms in total. The molecule has 0 aromatic heterocycles. The van der Waals surface area contributed by atoms with Crippen LogP contribution in [0.3, 0.4) is 0 Å². The highest BCUT2D eigenvalue weighted by Gasteiger charge is 2.38. The molecular weight excluding hydrogens is 202 g/mol. The molecule has 0 spiro atoms. The number of nitrogens with one attached hydrogen (secondary N) is 1. The smallest absolute Gasteiger partial charge is 0.255 e. The fourth-order valence-corrected chi connectivity index (χ4v) is 1.95. The van der Waals surface area contributed by atoms with Crippen LogP contribution in [0.15, 0.2) is 0 Å². The van der Waals surface area contributed by atoms with Gasteiger partial charge in [-0.1, -0.05) is 20.3 Å². The van der Waals surface area contributed by atoms with E-state index in [1.165, 1.54) is 4.90 Å². The second-order valence-electron chi connectivity index (χ2n) is 3.81. The van der Waals surface area contributed by atoms with Gasteiger partial charge in [0.05, 0.1) is 18.8 Å². The zero-order valence-electron chi connectivity index (χ0n) is 9.17. The average molecular weight is 220 g/mol. The lowest BCUT2D eigenvalue weighted by atomic mass is 10.2. The van der Waals surface area contributed by atoms with Gasteiger partial charge in [0.1, 0.15) is 0 Å². The summed E-state index contributed by atoms with van der Waals surface area (Å²) in [5.74, 6) is -0.177. The number of carbonyl (C=O) groups excluding carboxylic acids is 1. The number of rotatable bonds is 5. The predicted molar refractivity (Wildman–Crippen MR) is 53.6 cm³/mol. The van der Waals surface area contributed by atoms with Crippen molar-refractivity contribution >= 4 is 5.91 Å². The molecule has 1 saturated heterocycles. The molecule has 1 amide bonds. The molecule has 2 atom stereocenters. The summed E-state index contributed by atoms with van der Waals surface area (Å²) in [5.41, 5.74) is 0. The van der Waals surface area contributed by atoms with E-state index in [2.05, 4.69) is 5.32 Å². The minimum absolute atomic E-state index is 0.177. The second kappa shape index (κ2) is 5.39. The number of hydrogen-bond acceptors (Lipinski definition) is 2. The van der Waals surface area contributed by atoms with Crippen molar-refractivity contribution in [3.05, 3.63) is 0 Å². The molecule has 0 aromatic rings. The lowest BCUT2D eigenvalue weighted by molar-refractivity contribution is -0.132. The van der Waals surface area contributed by atoms with Crippen LogP contribution in [0.5, 0.6) is 0 Å². The number of alkyl halides is 2. The average Bonchev–Trinajstić information content (AvgIpc) is 2.46. The van der Waals surface area contributed by atoms with Crippen molar-refractivity contribution in [3.8, 4) is 0 Å². The van der Waals surface area contributed by atoms with Crippen molar-refractivity contribution in [2.75, 3.05) is 6.54 Å². The number of halogens is 2. The lowest BCUT2D eigenvalue weighted by Gasteiger charge is -2.22. The number of hydrogen-bond donors (Lipinski definition) is 1. The maximum absolute atomic E-state index is 12.3. The third kappa shape index (κ3) is 2.87. The first kappa shape index (κ1) is 12.4. The fraction of sp³-hybridized carbons (Fsp3) is 0.900. The molecule has 1 fully saturated rings. The minimum atomic E-state index is -2.45. The molecule has 88 valence electrons. The monoisotopic (exact) mass is 220 g/mol. The van der Waals surface area contributed by atoms with Gasteiger partial charge in [-0.2, -0.15) is 0 Å². The van der Waals surface area contributed by atoms with Gasteiger partial charge in [0, 0.05) is 0 Å². The van der Waals surface area contributed by atoms with Crippen LogP contribution in [-0.2, 0) is 4.79 Å². The van der Waals surface area contributed by atoms with E-state index in [-0.39, 0.29) is 18.1 Å². The molecule has 2 unspecified atom stereocenters. The highest BCUT2D eigenvalue weighted by atomic mass is 19.3. The molecule has 1 heterocycles. The molecule has 0 bridgehead atoms. The van der Waals surface area contributed by atoms with Gasteiger partial charge in [0.25, 0.3) is 6.43 Å². The van der Waals surface area contributed by atoms with Crippen molar-refractivity contribution in [2.24, 2.45) is 0 Å². The molecule has 0 aliphatic carbocycles. The van der Waals surface area contributed by atoms with Crippen LogP contribution in [0, 0.1) is 0 Å². The van der Waals surface area contributed by atoms with E-state index < -0.39 is 13.0 Å². The maximum atomic E-state index is 12.3. The van der Waals surface area contributed by atoms with Crippen molar-refractivity contribution in [1.82, 2.24) is 10.2 Å². The van der Waals surface area contributed by atoms with Crippen LogP contribution < -0.4 is 5.32 Å². The van der Waals surface area contributed by atoms with Crippen LogP contribution in [0.1, 0.15) is 33.1 Å².